The molecule has 0 spiro atoms. The van der Waals surface area contributed by atoms with Crippen LogP contribution in [0.25, 0.3) is 0 Å². The van der Waals surface area contributed by atoms with Crippen molar-refractivity contribution in [1.82, 2.24) is 15.1 Å². The molecule has 1 aromatic heterocycles. The maximum Gasteiger partial charge on any atom is 0.254 e. The molecule has 2 amide bonds. The van der Waals surface area contributed by atoms with Crippen LogP contribution in [0.1, 0.15) is 65.0 Å². The van der Waals surface area contributed by atoms with Crippen LogP contribution in [0.15, 0.2) is 72.1 Å². The Bertz CT molecular complexity index is 1170. The summed E-state index contributed by atoms with van der Waals surface area (Å²) in [5.41, 5.74) is 2.83. The van der Waals surface area contributed by atoms with E-state index in [2.05, 4.69) is 54.4 Å². The molecule has 1 N–H and O–H groups in total. The van der Waals surface area contributed by atoms with Crippen LogP contribution < -0.4 is 5.32 Å². The molecule has 36 heavy (non-hydrogen) atoms. The molecule has 2 aliphatic rings. The molecule has 0 radical (unpaired) electrons. The molecule has 188 valence electrons. The predicted octanol–water partition coefficient (Wildman–Crippen LogP) is 5.47. The number of fused-ring (bicyclic) bond motifs is 1. The van der Waals surface area contributed by atoms with Gasteiger partial charge in [-0.25, -0.2) is 0 Å². The molecule has 0 bridgehead atoms. The number of amides is 2. The van der Waals surface area contributed by atoms with E-state index in [1.54, 1.807) is 11.3 Å². The van der Waals surface area contributed by atoms with Crippen molar-refractivity contribution in [3.8, 4) is 0 Å². The minimum atomic E-state index is -0.418. The van der Waals surface area contributed by atoms with Crippen LogP contribution in [0.2, 0.25) is 0 Å². The number of carbonyl (C=O) groups excluding carboxylic acids is 2. The number of nitrogens with zero attached hydrogens (tertiary/aromatic N) is 2. The topological polar surface area (TPSA) is 52.7 Å². The van der Waals surface area contributed by atoms with Crippen LogP contribution in [-0.2, 0) is 11.3 Å². The van der Waals surface area contributed by atoms with E-state index in [4.69, 9.17) is 0 Å². The zero-order valence-corrected chi connectivity index (χ0v) is 21.9. The molecule has 5 nitrogen and oxygen atoms in total. The van der Waals surface area contributed by atoms with E-state index in [-0.39, 0.29) is 23.9 Å². The van der Waals surface area contributed by atoms with Gasteiger partial charge in [-0.2, -0.15) is 0 Å². The lowest BCUT2D eigenvalue weighted by Gasteiger charge is -2.42. The Morgan fingerprint density at radius 1 is 1.00 bits per heavy atom. The molecule has 3 heterocycles. The number of likely N-dealkylation sites (tertiary alicyclic amines) is 1. The van der Waals surface area contributed by atoms with E-state index in [1.807, 2.05) is 46.7 Å². The third-order valence-electron chi connectivity index (χ3n) is 7.30. The molecular weight excluding hydrogens is 466 g/mol. The maximum atomic E-state index is 14.0. The molecule has 5 rings (SSSR count). The molecule has 0 saturated carbocycles. The Kier molecular flexibility index (Phi) is 7.54. The van der Waals surface area contributed by atoms with Gasteiger partial charge in [0.2, 0.25) is 5.91 Å². The van der Waals surface area contributed by atoms with E-state index in [0.717, 1.165) is 42.9 Å². The highest BCUT2D eigenvalue weighted by molar-refractivity contribution is 7.10. The summed E-state index contributed by atoms with van der Waals surface area (Å²) in [5.74, 6) is -0.0578. The molecule has 1 saturated heterocycles. The summed E-state index contributed by atoms with van der Waals surface area (Å²) in [6.07, 6.45) is 1.87. The first-order chi connectivity index (χ1) is 17.5. The summed E-state index contributed by atoms with van der Waals surface area (Å²) < 4.78 is 0. The number of rotatable bonds is 7. The van der Waals surface area contributed by atoms with E-state index < -0.39 is 5.92 Å². The molecule has 0 aliphatic carbocycles. The zero-order chi connectivity index (χ0) is 25.1. The number of nitrogens with one attached hydrogen (secondary N) is 1. The van der Waals surface area contributed by atoms with Crippen LogP contribution in [0.4, 0.5) is 0 Å². The van der Waals surface area contributed by atoms with Crippen molar-refractivity contribution in [3.63, 3.8) is 0 Å². The Labute approximate surface area is 218 Å². The van der Waals surface area contributed by atoms with Crippen LogP contribution in [-0.4, -0.2) is 47.3 Å². The van der Waals surface area contributed by atoms with E-state index >= 15 is 0 Å². The molecule has 2 aromatic carbocycles. The quantitative estimate of drug-likeness (QED) is 0.467. The van der Waals surface area contributed by atoms with Crippen molar-refractivity contribution in [2.75, 3.05) is 19.6 Å². The van der Waals surface area contributed by atoms with E-state index in [0.29, 0.717) is 18.0 Å². The average molecular weight is 502 g/mol. The largest absolute Gasteiger partial charge is 0.353 e. The van der Waals surface area contributed by atoms with Gasteiger partial charge in [-0.3, -0.25) is 14.5 Å². The summed E-state index contributed by atoms with van der Waals surface area (Å²) >= 11 is 1.62. The third-order valence-corrected chi connectivity index (χ3v) is 8.24. The minimum absolute atomic E-state index is 0.0240. The Balaban J connectivity index is 1.36. The summed E-state index contributed by atoms with van der Waals surface area (Å²) in [7, 11) is 0. The lowest BCUT2D eigenvalue weighted by Crippen LogP contribution is -2.51. The highest BCUT2D eigenvalue weighted by atomic mass is 32.1. The third kappa shape index (κ3) is 5.25. The number of carbonyl (C=O) groups is 2. The molecule has 0 unspecified atom stereocenters. The predicted molar refractivity (Wildman–Crippen MR) is 145 cm³/mol. The van der Waals surface area contributed by atoms with Crippen molar-refractivity contribution >= 4 is 23.2 Å². The minimum Gasteiger partial charge on any atom is -0.353 e. The van der Waals surface area contributed by atoms with Gasteiger partial charge in [0.1, 0.15) is 0 Å². The van der Waals surface area contributed by atoms with Gasteiger partial charge < -0.3 is 10.2 Å². The second-order valence-electron chi connectivity index (χ2n) is 10.4. The first kappa shape index (κ1) is 24.7. The van der Waals surface area contributed by atoms with Gasteiger partial charge in [-0.1, -0.05) is 68.4 Å². The van der Waals surface area contributed by atoms with Crippen molar-refractivity contribution < 1.29 is 9.59 Å². The molecule has 6 heteroatoms. The van der Waals surface area contributed by atoms with E-state index in [9.17, 15) is 9.59 Å². The lowest BCUT2D eigenvalue weighted by atomic mass is 9.80. The van der Waals surface area contributed by atoms with Crippen LogP contribution in [0.3, 0.4) is 0 Å². The lowest BCUT2D eigenvalue weighted by molar-refractivity contribution is -0.125. The highest BCUT2D eigenvalue weighted by Gasteiger charge is 2.45. The number of hydrogen-bond acceptors (Lipinski definition) is 4. The second-order valence-corrected chi connectivity index (χ2v) is 11.4. The SMILES string of the molecule is CC(C)CN1C(=O)c2ccccc2[C@@H](C(=O)NC2CCN(Cc3ccccc3)CC2)[C@H]1c1cccs1. The monoisotopic (exact) mass is 501 g/mol. The second kappa shape index (κ2) is 11.0. The highest BCUT2D eigenvalue weighted by Crippen LogP contribution is 2.44. The molecule has 2 aliphatic heterocycles. The maximum absolute atomic E-state index is 14.0. The van der Waals surface area contributed by atoms with Gasteiger partial charge in [-0.15, -0.1) is 11.3 Å². The van der Waals surface area contributed by atoms with E-state index in [1.165, 1.54) is 5.56 Å². The molecular formula is C30H35N3O2S. The zero-order valence-electron chi connectivity index (χ0n) is 21.1. The normalized spacial score (nSPS) is 21.0. The summed E-state index contributed by atoms with van der Waals surface area (Å²) in [5, 5.41) is 5.43. The van der Waals surface area contributed by atoms with Crippen molar-refractivity contribution in [3.05, 3.63) is 93.7 Å². The smallest absolute Gasteiger partial charge is 0.254 e. The molecule has 1 fully saturated rings. The van der Waals surface area contributed by atoms with Gasteiger partial charge in [0.25, 0.3) is 5.91 Å². The van der Waals surface area contributed by atoms with Gasteiger partial charge in [0.15, 0.2) is 0 Å². The fraction of sp³-hybridized carbons (Fsp3) is 0.400. The van der Waals surface area contributed by atoms with Gasteiger partial charge in [-0.05, 0) is 47.4 Å². The van der Waals surface area contributed by atoms with Crippen LogP contribution >= 0.6 is 11.3 Å². The summed E-state index contributed by atoms with van der Waals surface area (Å²) in [6, 6.07) is 22.2. The first-order valence-corrected chi connectivity index (χ1v) is 13.9. The Morgan fingerprint density at radius 2 is 1.72 bits per heavy atom. The number of hydrogen-bond donors (Lipinski definition) is 1. The van der Waals surface area contributed by atoms with Gasteiger partial charge in [0, 0.05) is 42.7 Å². The first-order valence-electron chi connectivity index (χ1n) is 13.0. The van der Waals surface area contributed by atoms with Crippen molar-refractivity contribution in [1.29, 1.82) is 0 Å². The van der Waals surface area contributed by atoms with Crippen LogP contribution in [0.5, 0.6) is 0 Å². The fourth-order valence-electron chi connectivity index (χ4n) is 5.61. The Hall–Kier alpha value is -2.96. The number of thiophene rings is 1. The molecule has 2 atom stereocenters. The fourth-order valence-corrected chi connectivity index (χ4v) is 6.49. The number of benzene rings is 2. The summed E-state index contributed by atoms with van der Waals surface area (Å²) in [4.78, 5) is 33.0. The van der Waals surface area contributed by atoms with Crippen molar-refractivity contribution in [2.24, 2.45) is 5.92 Å². The average Bonchev–Trinajstić information content (AvgIpc) is 3.42. The van der Waals surface area contributed by atoms with Crippen LogP contribution in [0, 0.1) is 5.92 Å². The number of piperidine rings is 1. The molecule has 3 aromatic rings. The van der Waals surface area contributed by atoms with Gasteiger partial charge in [0.05, 0.1) is 12.0 Å². The van der Waals surface area contributed by atoms with Gasteiger partial charge >= 0.3 is 0 Å². The Morgan fingerprint density at radius 3 is 2.42 bits per heavy atom. The summed E-state index contributed by atoms with van der Waals surface area (Å²) in [6.45, 7) is 7.75. The standard InChI is InChI=1S/C30H35N3O2S/c1-21(2)19-33-28(26-13-8-18-36-26)27(24-11-6-7-12-25(24)30(33)35)29(34)31-23-14-16-32(17-15-23)20-22-9-4-3-5-10-22/h3-13,18,21,23,27-28H,14-17,19-20H2,1-2H3,(H,31,34)/t27-,28-/m1/s1. The van der Waals surface area contributed by atoms with Crippen molar-refractivity contribution in [2.45, 2.75) is 51.2 Å².